The van der Waals surface area contributed by atoms with E-state index in [1.54, 1.807) is 18.2 Å². The van der Waals surface area contributed by atoms with E-state index in [4.69, 9.17) is 9.47 Å². The summed E-state index contributed by atoms with van der Waals surface area (Å²) in [6, 6.07) is 5.39. The highest BCUT2D eigenvalue weighted by Gasteiger charge is 2.16. The first-order valence-electron chi connectivity index (χ1n) is 5.41. The molecule has 1 aliphatic rings. The van der Waals surface area contributed by atoms with Crippen LogP contribution in [0, 0.1) is 0 Å². The zero-order chi connectivity index (χ0) is 11.5. The molecule has 86 valence electrons. The maximum absolute atomic E-state index is 11.8. The second kappa shape index (κ2) is 4.43. The molecular weight excluding hydrogens is 206 g/mol. The molecule has 1 unspecified atom stereocenters. The van der Waals surface area contributed by atoms with E-state index >= 15 is 0 Å². The molecule has 1 N–H and O–H groups in total. The Morgan fingerprint density at radius 1 is 1.44 bits per heavy atom. The normalized spacial score (nSPS) is 14.6. The van der Waals surface area contributed by atoms with Crippen molar-refractivity contribution in [2.45, 2.75) is 26.3 Å². The number of rotatable bonds is 3. The minimum absolute atomic E-state index is 0.0762. The number of carbonyl (C=O) groups is 1. The van der Waals surface area contributed by atoms with Crippen LogP contribution in [0.4, 0.5) is 0 Å². The fourth-order valence-electron chi connectivity index (χ4n) is 1.45. The lowest BCUT2D eigenvalue weighted by Gasteiger charge is -2.11. The zero-order valence-corrected chi connectivity index (χ0v) is 9.45. The molecule has 1 heterocycles. The summed E-state index contributed by atoms with van der Waals surface area (Å²) < 4.78 is 10.4. The molecule has 4 nitrogen and oxygen atoms in total. The van der Waals surface area contributed by atoms with Crippen molar-refractivity contribution in [3.63, 3.8) is 0 Å². The number of fused-ring (bicyclic) bond motifs is 1. The average molecular weight is 221 g/mol. The van der Waals surface area contributed by atoms with Gasteiger partial charge in [-0.15, -0.1) is 0 Å². The number of benzene rings is 1. The summed E-state index contributed by atoms with van der Waals surface area (Å²) in [6.07, 6.45) is 0.913. The third kappa shape index (κ3) is 2.10. The van der Waals surface area contributed by atoms with Crippen LogP contribution in [0.2, 0.25) is 0 Å². The molecule has 1 aromatic rings. The summed E-state index contributed by atoms with van der Waals surface area (Å²) >= 11 is 0. The smallest absolute Gasteiger partial charge is 0.251 e. The third-order valence-corrected chi connectivity index (χ3v) is 2.62. The lowest BCUT2D eigenvalue weighted by atomic mass is 10.1. The van der Waals surface area contributed by atoms with Crippen LogP contribution in [-0.4, -0.2) is 18.7 Å². The first-order valence-corrected chi connectivity index (χ1v) is 5.41. The first kappa shape index (κ1) is 10.8. The monoisotopic (exact) mass is 221 g/mol. The Hall–Kier alpha value is -1.71. The van der Waals surface area contributed by atoms with Gasteiger partial charge in [-0.1, -0.05) is 6.92 Å². The number of nitrogens with one attached hydrogen (secondary N) is 1. The van der Waals surface area contributed by atoms with Crippen LogP contribution in [0.15, 0.2) is 18.2 Å². The Morgan fingerprint density at radius 3 is 2.94 bits per heavy atom. The highest BCUT2D eigenvalue weighted by Crippen LogP contribution is 2.32. The van der Waals surface area contributed by atoms with E-state index in [9.17, 15) is 4.79 Å². The number of hydrogen-bond acceptors (Lipinski definition) is 3. The van der Waals surface area contributed by atoms with Crippen LogP contribution < -0.4 is 14.8 Å². The Kier molecular flexibility index (Phi) is 2.99. The third-order valence-electron chi connectivity index (χ3n) is 2.62. The number of amides is 1. The molecule has 1 amide bonds. The first-order chi connectivity index (χ1) is 7.70. The van der Waals surface area contributed by atoms with Crippen LogP contribution in [0.5, 0.6) is 11.5 Å². The Balaban J connectivity index is 2.12. The van der Waals surface area contributed by atoms with E-state index in [1.807, 2.05) is 13.8 Å². The van der Waals surface area contributed by atoms with Crippen molar-refractivity contribution < 1.29 is 14.3 Å². The lowest BCUT2D eigenvalue weighted by Crippen LogP contribution is -2.31. The van der Waals surface area contributed by atoms with Gasteiger partial charge in [0.05, 0.1) is 0 Å². The van der Waals surface area contributed by atoms with Gasteiger partial charge in [0.25, 0.3) is 5.91 Å². The van der Waals surface area contributed by atoms with Crippen molar-refractivity contribution in [1.82, 2.24) is 5.32 Å². The lowest BCUT2D eigenvalue weighted by molar-refractivity contribution is 0.0939. The van der Waals surface area contributed by atoms with E-state index in [1.165, 1.54) is 0 Å². The molecule has 4 heteroatoms. The second-order valence-corrected chi connectivity index (χ2v) is 3.85. The standard InChI is InChI=1S/C12H15NO3/c1-3-8(2)13-12(14)9-4-5-10-11(6-9)16-7-15-10/h4-6,8H,3,7H2,1-2H3,(H,13,14). The molecule has 0 radical (unpaired) electrons. The zero-order valence-electron chi connectivity index (χ0n) is 9.45. The van der Waals surface area contributed by atoms with Gasteiger partial charge in [-0.05, 0) is 31.5 Å². The molecule has 1 aromatic carbocycles. The quantitative estimate of drug-likeness (QED) is 0.848. The summed E-state index contributed by atoms with van der Waals surface area (Å²) in [4.78, 5) is 11.8. The van der Waals surface area contributed by atoms with Gasteiger partial charge in [-0.3, -0.25) is 4.79 Å². The maximum Gasteiger partial charge on any atom is 0.251 e. The molecule has 0 aromatic heterocycles. The van der Waals surface area contributed by atoms with Crippen LogP contribution in [-0.2, 0) is 0 Å². The fraction of sp³-hybridized carbons (Fsp3) is 0.417. The molecule has 1 atom stereocenters. The van der Waals surface area contributed by atoms with Gasteiger partial charge >= 0.3 is 0 Å². The van der Waals surface area contributed by atoms with E-state index < -0.39 is 0 Å². The average Bonchev–Trinajstić information content (AvgIpc) is 2.75. The van der Waals surface area contributed by atoms with Gasteiger partial charge in [0.1, 0.15) is 0 Å². The predicted molar refractivity (Wildman–Crippen MR) is 59.8 cm³/mol. The van der Waals surface area contributed by atoms with Crippen molar-refractivity contribution in [3.05, 3.63) is 23.8 Å². The summed E-state index contributed by atoms with van der Waals surface area (Å²) in [5.74, 6) is 1.25. The SMILES string of the molecule is CCC(C)NC(=O)c1ccc2c(c1)OCO2. The topological polar surface area (TPSA) is 47.6 Å². The van der Waals surface area contributed by atoms with Crippen LogP contribution in [0.3, 0.4) is 0 Å². The van der Waals surface area contributed by atoms with Crippen molar-refractivity contribution in [2.24, 2.45) is 0 Å². The van der Waals surface area contributed by atoms with Gasteiger partial charge in [0.2, 0.25) is 6.79 Å². The minimum atomic E-state index is -0.0762. The molecule has 1 aliphatic heterocycles. The molecular formula is C12H15NO3. The van der Waals surface area contributed by atoms with Crippen molar-refractivity contribution in [1.29, 1.82) is 0 Å². The van der Waals surface area contributed by atoms with Crippen molar-refractivity contribution in [3.8, 4) is 11.5 Å². The number of carbonyl (C=O) groups excluding carboxylic acids is 1. The summed E-state index contributed by atoms with van der Waals surface area (Å²) in [5.41, 5.74) is 0.601. The number of hydrogen-bond donors (Lipinski definition) is 1. The van der Waals surface area contributed by atoms with Gasteiger partial charge in [-0.25, -0.2) is 0 Å². The van der Waals surface area contributed by atoms with Crippen LogP contribution in [0.25, 0.3) is 0 Å². The van der Waals surface area contributed by atoms with E-state index in [2.05, 4.69) is 5.32 Å². The van der Waals surface area contributed by atoms with Crippen LogP contribution >= 0.6 is 0 Å². The van der Waals surface area contributed by atoms with Gasteiger partial charge in [-0.2, -0.15) is 0 Å². The van der Waals surface area contributed by atoms with Gasteiger partial charge in [0.15, 0.2) is 11.5 Å². The Morgan fingerprint density at radius 2 is 2.19 bits per heavy atom. The van der Waals surface area contributed by atoms with Crippen molar-refractivity contribution in [2.75, 3.05) is 6.79 Å². The minimum Gasteiger partial charge on any atom is -0.454 e. The van der Waals surface area contributed by atoms with E-state index in [0.29, 0.717) is 17.1 Å². The molecule has 0 aliphatic carbocycles. The fourth-order valence-corrected chi connectivity index (χ4v) is 1.45. The summed E-state index contributed by atoms with van der Waals surface area (Å²) in [7, 11) is 0. The highest BCUT2D eigenvalue weighted by molar-refractivity contribution is 5.95. The number of ether oxygens (including phenoxy) is 2. The van der Waals surface area contributed by atoms with E-state index in [-0.39, 0.29) is 18.7 Å². The van der Waals surface area contributed by atoms with Gasteiger partial charge in [0, 0.05) is 11.6 Å². The second-order valence-electron chi connectivity index (χ2n) is 3.85. The highest BCUT2D eigenvalue weighted by atomic mass is 16.7. The summed E-state index contributed by atoms with van der Waals surface area (Å²) in [6.45, 7) is 4.24. The molecule has 0 spiro atoms. The van der Waals surface area contributed by atoms with E-state index in [0.717, 1.165) is 6.42 Å². The molecule has 0 bridgehead atoms. The molecule has 2 rings (SSSR count). The van der Waals surface area contributed by atoms with Gasteiger partial charge < -0.3 is 14.8 Å². The molecule has 0 saturated heterocycles. The maximum atomic E-state index is 11.8. The molecule has 16 heavy (non-hydrogen) atoms. The largest absolute Gasteiger partial charge is 0.454 e. The summed E-state index contributed by atoms with van der Waals surface area (Å²) in [5, 5.41) is 2.90. The molecule has 0 fully saturated rings. The Bertz CT molecular complexity index is 403. The van der Waals surface area contributed by atoms with Crippen LogP contribution in [0.1, 0.15) is 30.6 Å². The Labute approximate surface area is 94.6 Å². The predicted octanol–water partition coefficient (Wildman–Crippen LogP) is 1.94. The molecule has 0 saturated carbocycles. The van der Waals surface area contributed by atoms with Crippen molar-refractivity contribution >= 4 is 5.91 Å².